The molecule has 1 aliphatic heterocycles. The van der Waals surface area contributed by atoms with Gasteiger partial charge in [0.2, 0.25) is 5.91 Å². The summed E-state index contributed by atoms with van der Waals surface area (Å²) in [7, 11) is 1.84. The molecule has 1 aliphatic rings. The van der Waals surface area contributed by atoms with Crippen LogP contribution in [0.3, 0.4) is 0 Å². The SMILES string of the molecule is CN1CC(C(=O)NCCOCCOCCN)=CC=C1N. The van der Waals surface area contributed by atoms with Gasteiger partial charge < -0.3 is 31.2 Å². The van der Waals surface area contributed by atoms with Gasteiger partial charge >= 0.3 is 0 Å². The third-order valence-corrected chi connectivity index (χ3v) is 2.76. The lowest BCUT2D eigenvalue weighted by Gasteiger charge is -2.23. The lowest BCUT2D eigenvalue weighted by atomic mass is 10.1. The van der Waals surface area contributed by atoms with E-state index >= 15 is 0 Å². The number of allylic oxidation sites excluding steroid dienone is 2. The van der Waals surface area contributed by atoms with E-state index in [0.717, 1.165) is 0 Å². The van der Waals surface area contributed by atoms with Crippen LogP contribution in [0.5, 0.6) is 0 Å². The van der Waals surface area contributed by atoms with Crippen LogP contribution >= 0.6 is 0 Å². The zero-order valence-corrected chi connectivity index (χ0v) is 11.9. The Hall–Kier alpha value is -1.57. The predicted octanol–water partition coefficient (Wildman–Crippen LogP) is -1.23. The van der Waals surface area contributed by atoms with Crippen LogP contribution in [-0.4, -0.2) is 63.9 Å². The minimum Gasteiger partial charge on any atom is -0.385 e. The van der Waals surface area contributed by atoms with Crippen molar-refractivity contribution in [3.8, 4) is 0 Å². The number of nitrogens with zero attached hydrogens (tertiary/aromatic N) is 1. The number of ether oxygens (including phenoxy) is 2. The molecule has 1 heterocycles. The van der Waals surface area contributed by atoms with E-state index in [0.29, 0.717) is 57.5 Å². The van der Waals surface area contributed by atoms with Gasteiger partial charge in [-0.15, -0.1) is 0 Å². The average Bonchev–Trinajstić information content (AvgIpc) is 2.44. The Morgan fingerprint density at radius 2 is 2.00 bits per heavy atom. The van der Waals surface area contributed by atoms with E-state index in [4.69, 9.17) is 20.9 Å². The molecule has 0 saturated heterocycles. The summed E-state index contributed by atoms with van der Waals surface area (Å²) in [4.78, 5) is 13.7. The Morgan fingerprint density at radius 3 is 2.65 bits per heavy atom. The van der Waals surface area contributed by atoms with Crippen LogP contribution in [0.1, 0.15) is 0 Å². The summed E-state index contributed by atoms with van der Waals surface area (Å²) in [6, 6.07) is 0. The second-order valence-electron chi connectivity index (χ2n) is 4.41. The Morgan fingerprint density at radius 1 is 1.30 bits per heavy atom. The first-order chi connectivity index (χ1) is 9.65. The molecular weight excluding hydrogens is 260 g/mol. The van der Waals surface area contributed by atoms with Gasteiger partial charge in [-0.05, 0) is 12.2 Å². The second kappa shape index (κ2) is 9.35. The molecule has 114 valence electrons. The number of carbonyl (C=O) groups excluding carboxylic acids is 1. The van der Waals surface area contributed by atoms with Crippen molar-refractivity contribution in [2.75, 3.05) is 53.1 Å². The molecule has 0 bridgehead atoms. The first-order valence-electron chi connectivity index (χ1n) is 6.66. The fraction of sp³-hybridized carbons (Fsp3) is 0.615. The van der Waals surface area contributed by atoms with E-state index in [9.17, 15) is 4.79 Å². The largest absolute Gasteiger partial charge is 0.385 e. The lowest BCUT2D eigenvalue weighted by molar-refractivity contribution is -0.118. The maximum atomic E-state index is 11.9. The predicted molar refractivity (Wildman–Crippen MR) is 76.7 cm³/mol. The number of likely N-dealkylation sites (N-methyl/N-ethyl adjacent to an activating group) is 1. The van der Waals surface area contributed by atoms with E-state index in [-0.39, 0.29) is 5.91 Å². The summed E-state index contributed by atoms with van der Waals surface area (Å²) in [6.45, 7) is 3.51. The van der Waals surface area contributed by atoms with Crippen molar-refractivity contribution in [2.24, 2.45) is 11.5 Å². The van der Waals surface area contributed by atoms with Crippen LogP contribution in [0.4, 0.5) is 0 Å². The monoisotopic (exact) mass is 284 g/mol. The molecule has 0 saturated carbocycles. The number of rotatable bonds is 9. The van der Waals surface area contributed by atoms with Crippen molar-refractivity contribution >= 4 is 5.91 Å². The van der Waals surface area contributed by atoms with E-state index in [1.165, 1.54) is 0 Å². The number of hydrogen-bond donors (Lipinski definition) is 3. The quantitative estimate of drug-likeness (QED) is 0.458. The fourth-order valence-electron chi connectivity index (χ4n) is 1.62. The molecule has 0 atom stereocenters. The van der Waals surface area contributed by atoms with Crippen LogP contribution in [0.2, 0.25) is 0 Å². The molecule has 0 radical (unpaired) electrons. The highest BCUT2D eigenvalue weighted by molar-refractivity contribution is 5.94. The van der Waals surface area contributed by atoms with Crippen molar-refractivity contribution in [3.05, 3.63) is 23.5 Å². The van der Waals surface area contributed by atoms with E-state index in [1.807, 2.05) is 11.9 Å². The molecule has 20 heavy (non-hydrogen) atoms. The van der Waals surface area contributed by atoms with Crippen molar-refractivity contribution in [1.82, 2.24) is 10.2 Å². The first kappa shape index (κ1) is 16.5. The third-order valence-electron chi connectivity index (χ3n) is 2.76. The zero-order chi connectivity index (χ0) is 14.8. The Labute approximate surface area is 119 Å². The number of carbonyl (C=O) groups is 1. The van der Waals surface area contributed by atoms with E-state index in [2.05, 4.69) is 5.32 Å². The fourth-order valence-corrected chi connectivity index (χ4v) is 1.62. The summed E-state index contributed by atoms with van der Waals surface area (Å²) in [6.07, 6.45) is 3.47. The highest BCUT2D eigenvalue weighted by Gasteiger charge is 2.14. The highest BCUT2D eigenvalue weighted by Crippen LogP contribution is 2.08. The van der Waals surface area contributed by atoms with Crippen LogP contribution in [0.25, 0.3) is 0 Å². The normalized spacial score (nSPS) is 14.8. The minimum atomic E-state index is -0.0939. The molecule has 5 N–H and O–H groups in total. The summed E-state index contributed by atoms with van der Waals surface area (Å²) >= 11 is 0. The van der Waals surface area contributed by atoms with Crippen LogP contribution in [0.15, 0.2) is 23.5 Å². The van der Waals surface area contributed by atoms with Crippen molar-refractivity contribution in [3.63, 3.8) is 0 Å². The maximum absolute atomic E-state index is 11.9. The first-order valence-corrected chi connectivity index (χ1v) is 6.66. The molecule has 0 aromatic carbocycles. The molecule has 1 rings (SSSR count). The van der Waals surface area contributed by atoms with Gasteiger partial charge in [-0.3, -0.25) is 4.79 Å². The summed E-state index contributed by atoms with van der Waals surface area (Å²) < 4.78 is 10.5. The molecular formula is C13H24N4O3. The second-order valence-corrected chi connectivity index (χ2v) is 4.41. The smallest absolute Gasteiger partial charge is 0.249 e. The number of nitrogens with two attached hydrogens (primary N) is 2. The van der Waals surface area contributed by atoms with Gasteiger partial charge in [0.1, 0.15) is 0 Å². The molecule has 0 aromatic heterocycles. The molecule has 1 amide bonds. The Kier molecular flexibility index (Phi) is 7.71. The van der Waals surface area contributed by atoms with Crippen LogP contribution < -0.4 is 16.8 Å². The van der Waals surface area contributed by atoms with Crippen molar-refractivity contribution in [2.45, 2.75) is 0 Å². The molecule has 0 aromatic rings. The molecule has 7 heteroatoms. The van der Waals surface area contributed by atoms with Gasteiger partial charge in [0.05, 0.1) is 32.2 Å². The third kappa shape index (κ3) is 6.05. The zero-order valence-electron chi connectivity index (χ0n) is 11.9. The molecule has 0 aliphatic carbocycles. The van der Waals surface area contributed by atoms with Gasteiger partial charge in [0.25, 0.3) is 0 Å². The van der Waals surface area contributed by atoms with Crippen molar-refractivity contribution in [1.29, 1.82) is 0 Å². The Bertz CT molecular complexity index is 369. The summed E-state index contributed by atoms with van der Waals surface area (Å²) in [5.41, 5.74) is 11.7. The Balaban J connectivity index is 2.09. The molecule has 0 fully saturated rings. The van der Waals surface area contributed by atoms with Crippen LogP contribution in [-0.2, 0) is 14.3 Å². The maximum Gasteiger partial charge on any atom is 0.249 e. The van der Waals surface area contributed by atoms with E-state index in [1.54, 1.807) is 12.2 Å². The van der Waals surface area contributed by atoms with Crippen LogP contribution in [0, 0.1) is 0 Å². The van der Waals surface area contributed by atoms with Gasteiger partial charge in [0, 0.05) is 32.3 Å². The summed E-state index contributed by atoms with van der Waals surface area (Å²) in [5, 5.41) is 2.80. The lowest BCUT2D eigenvalue weighted by Crippen LogP contribution is -2.36. The number of nitrogens with one attached hydrogen (secondary N) is 1. The summed E-state index contributed by atoms with van der Waals surface area (Å²) in [5.74, 6) is 0.561. The molecule has 0 unspecified atom stereocenters. The number of hydrogen-bond acceptors (Lipinski definition) is 6. The van der Waals surface area contributed by atoms with Gasteiger partial charge in [0.15, 0.2) is 0 Å². The van der Waals surface area contributed by atoms with Gasteiger partial charge in [-0.25, -0.2) is 0 Å². The standard InChI is InChI=1S/C13H24N4O3/c1-17-10-11(2-3-12(17)15)13(18)16-5-7-20-9-8-19-6-4-14/h2-3H,4-10,14-15H2,1H3,(H,16,18). The highest BCUT2D eigenvalue weighted by atomic mass is 16.5. The van der Waals surface area contributed by atoms with E-state index < -0.39 is 0 Å². The topological polar surface area (TPSA) is 103 Å². The molecule has 0 spiro atoms. The molecule has 7 nitrogen and oxygen atoms in total. The van der Waals surface area contributed by atoms with Gasteiger partial charge in [-0.1, -0.05) is 0 Å². The van der Waals surface area contributed by atoms with Gasteiger partial charge in [-0.2, -0.15) is 0 Å². The average molecular weight is 284 g/mol. The van der Waals surface area contributed by atoms with Crippen molar-refractivity contribution < 1.29 is 14.3 Å². The minimum absolute atomic E-state index is 0.0939. The number of amides is 1.